The van der Waals surface area contributed by atoms with Gasteiger partial charge in [-0.1, -0.05) is 37.3 Å². The molecule has 0 aliphatic carbocycles. The van der Waals surface area contributed by atoms with Gasteiger partial charge >= 0.3 is 5.97 Å². The van der Waals surface area contributed by atoms with Crippen LogP contribution in [0.1, 0.15) is 39.0 Å². The van der Waals surface area contributed by atoms with Crippen LogP contribution in [0.2, 0.25) is 0 Å². The molecule has 0 aliphatic rings. The fourth-order valence-electron chi connectivity index (χ4n) is 2.54. The highest BCUT2D eigenvalue weighted by molar-refractivity contribution is 7.14. The molecular formula is C18H21NO3S. The van der Waals surface area contributed by atoms with Gasteiger partial charge in [0.25, 0.3) is 5.91 Å². The molecule has 1 aromatic carbocycles. The van der Waals surface area contributed by atoms with E-state index in [9.17, 15) is 14.7 Å². The van der Waals surface area contributed by atoms with E-state index >= 15 is 0 Å². The van der Waals surface area contributed by atoms with Crippen molar-refractivity contribution in [2.45, 2.75) is 32.6 Å². The fraction of sp³-hybridized carbons (Fsp3) is 0.333. The van der Waals surface area contributed by atoms with E-state index in [2.05, 4.69) is 5.32 Å². The van der Waals surface area contributed by atoms with Crippen molar-refractivity contribution in [3.05, 3.63) is 57.3 Å². The van der Waals surface area contributed by atoms with E-state index in [1.165, 1.54) is 11.3 Å². The number of benzene rings is 1. The van der Waals surface area contributed by atoms with Gasteiger partial charge < -0.3 is 10.4 Å². The highest BCUT2D eigenvalue weighted by Gasteiger charge is 2.39. The zero-order valence-electron chi connectivity index (χ0n) is 13.6. The standard InChI is InChI=1S/C18H21NO3S/c1-4-18(17(21)22,14-8-6-5-7-9-14)11-19-16(20)15-10-12(2)13(3)23-15/h5-10H,4,11H2,1-3H3,(H,19,20)(H,21,22). The van der Waals surface area contributed by atoms with Crippen LogP contribution in [0, 0.1) is 13.8 Å². The number of hydrogen-bond acceptors (Lipinski definition) is 3. The van der Waals surface area contributed by atoms with E-state index in [1.54, 1.807) is 12.1 Å². The molecule has 0 saturated heterocycles. The van der Waals surface area contributed by atoms with Gasteiger partial charge in [0.2, 0.25) is 0 Å². The van der Waals surface area contributed by atoms with Crippen LogP contribution in [0.15, 0.2) is 36.4 Å². The zero-order chi connectivity index (χ0) is 17.0. The molecule has 122 valence electrons. The number of rotatable bonds is 6. The Labute approximate surface area is 140 Å². The number of amides is 1. The van der Waals surface area contributed by atoms with Crippen molar-refractivity contribution < 1.29 is 14.7 Å². The minimum atomic E-state index is -1.11. The van der Waals surface area contributed by atoms with Gasteiger partial charge in [0, 0.05) is 11.4 Å². The second-order valence-electron chi connectivity index (χ2n) is 5.64. The van der Waals surface area contributed by atoms with E-state index in [-0.39, 0.29) is 12.5 Å². The number of thiophene rings is 1. The predicted molar refractivity (Wildman–Crippen MR) is 92.2 cm³/mol. The van der Waals surface area contributed by atoms with Gasteiger partial charge in [-0.3, -0.25) is 9.59 Å². The molecule has 1 amide bonds. The molecule has 0 radical (unpaired) electrons. The molecule has 0 saturated carbocycles. The molecule has 0 aliphatic heterocycles. The van der Waals surface area contributed by atoms with Crippen LogP contribution >= 0.6 is 11.3 Å². The highest BCUT2D eigenvalue weighted by Crippen LogP contribution is 2.28. The molecule has 0 fully saturated rings. The minimum Gasteiger partial charge on any atom is -0.481 e. The van der Waals surface area contributed by atoms with E-state index in [4.69, 9.17) is 0 Å². The third-order valence-electron chi connectivity index (χ3n) is 4.28. The van der Waals surface area contributed by atoms with E-state index in [0.29, 0.717) is 16.9 Å². The molecule has 2 rings (SSSR count). The van der Waals surface area contributed by atoms with Crippen molar-refractivity contribution in [1.82, 2.24) is 5.32 Å². The molecule has 23 heavy (non-hydrogen) atoms. The topological polar surface area (TPSA) is 66.4 Å². The monoisotopic (exact) mass is 331 g/mol. The minimum absolute atomic E-state index is 0.0671. The first kappa shape index (κ1) is 17.2. The SMILES string of the molecule is CCC(CNC(=O)c1cc(C)c(C)s1)(C(=O)O)c1ccccc1. The fourth-order valence-corrected chi connectivity index (χ4v) is 3.49. The Balaban J connectivity index is 2.22. The summed E-state index contributed by atoms with van der Waals surface area (Å²) in [5.41, 5.74) is 0.662. The average Bonchev–Trinajstić information content (AvgIpc) is 2.88. The van der Waals surface area contributed by atoms with Crippen molar-refractivity contribution in [2.75, 3.05) is 6.54 Å². The van der Waals surface area contributed by atoms with Crippen LogP contribution in [0.5, 0.6) is 0 Å². The smallest absolute Gasteiger partial charge is 0.315 e. The summed E-state index contributed by atoms with van der Waals surface area (Å²) >= 11 is 1.43. The van der Waals surface area contributed by atoms with Crippen LogP contribution in [-0.4, -0.2) is 23.5 Å². The van der Waals surface area contributed by atoms with Crippen molar-refractivity contribution in [2.24, 2.45) is 0 Å². The van der Waals surface area contributed by atoms with Crippen molar-refractivity contribution >= 4 is 23.2 Å². The lowest BCUT2D eigenvalue weighted by molar-refractivity contribution is -0.143. The van der Waals surface area contributed by atoms with E-state index in [0.717, 1.165) is 10.4 Å². The Morgan fingerprint density at radius 3 is 2.35 bits per heavy atom. The molecule has 5 heteroatoms. The Morgan fingerprint density at radius 2 is 1.87 bits per heavy atom. The second kappa shape index (κ2) is 6.96. The quantitative estimate of drug-likeness (QED) is 0.851. The lowest BCUT2D eigenvalue weighted by atomic mass is 9.78. The summed E-state index contributed by atoms with van der Waals surface area (Å²) in [5.74, 6) is -1.15. The molecule has 1 aromatic heterocycles. The Bertz CT molecular complexity index is 689. The molecule has 0 spiro atoms. The lowest BCUT2D eigenvalue weighted by Crippen LogP contribution is -2.46. The van der Waals surface area contributed by atoms with Gasteiger partial charge in [0.15, 0.2) is 0 Å². The van der Waals surface area contributed by atoms with Crippen LogP contribution in [0.4, 0.5) is 0 Å². The molecule has 1 heterocycles. The first-order valence-electron chi connectivity index (χ1n) is 7.55. The Kier molecular flexibility index (Phi) is 5.21. The number of aryl methyl sites for hydroxylation is 2. The molecule has 2 aromatic rings. The summed E-state index contributed by atoms with van der Waals surface area (Å²) in [6.45, 7) is 5.82. The van der Waals surface area contributed by atoms with Crippen molar-refractivity contribution in [3.8, 4) is 0 Å². The van der Waals surface area contributed by atoms with Crippen LogP contribution in [0.25, 0.3) is 0 Å². The van der Waals surface area contributed by atoms with Gasteiger partial charge in [0.1, 0.15) is 5.41 Å². The summed E-state index contributed by atoms with van der Waals surface area (Å²) in [6.07, 6.45) is 0.398. The number of carboxylic acids is 1. The van der Waals surface area contributed by atoms with E-state index in [1.807, 2.05) is 45.0 Å². The Morgan fingerprint density at radius 1 is 1.22 bits per heavy atom. The molecule has 1 atom stereocenters. The number of hydrogen-bond donors (Lipinski definition) is 2. The lowest BCUT2D eigenvalue weighted by Gasteiger charge is -2.29. The maximum Gasteiger partial charge on any atom is 0.315 e. The van der Waals surface area contributed by atoms with Gasteiger partial charge in [-0.25, -0.2) is 0 Å². The number of carbonyl (C=O) groups is 2. The number of aliphatic carboxylic acids is 1. The third-order valence-corrected chi connectivity index (χ3v) is 5.43. The Hall–Kier alpha value is -2.14. The second-order valence-corrected chi connectivity index (χ2v) is 6.90. The predicted octanol–water partition coefficient (Wildman–Crippen LogP) is 3.53. The highest BCUT2D eigenvalue weighted by atomic mass is 32.1. The summed E-state index contributed by atoms with van der Waals surface area (Å²) in [4.78, 5) is 26.0. The van der Waals surface area contributed by atoms with Gasteiger partial charge in [-0.05, 0) is 37.5 Å². The van der Waals surface area contributed by atoms with Gasteiger partial charge in [-0.15, -0.1) is 11.3 Å². The maximum absolute atomic E-state index is 12.3. The summed E-state index contributed by atoms with van der Waals surface area (Å²) < 4.78 is 0. The summed E-state index contributed by atoms with van der Waals surface area (Å²) in [6, 6.07) is 10.9. The largest absolute Gasteiger partial charge is 0.481 e. The molecule has 4 nitrogen and oxygen atoms in total. The molecule has 0 bridgehead atoms. The molecule has 2 N–H and O–H groups in total. The first-order chi connectivity index (χ1) is 10.9. The van der Waals surface area contributed by atoms with Gasteiger partial charge in [-0.2, -0.15) is 0 Å². The number of nitrogens with one attached hydrogen (secondary N) is 1. The third kappa shape index (κ3) is 3.45. The van der Waals surface area contributed by atoms with Crippen LogP contribution in [0.3, 0.4) is 0 Å². The summed E-state index contributed by atoms with van der Waals surface area (Å²) in [5, 5.41) is 12.6. The molecule has 1 unspecified atom stereocenters. The van der Waals surface area contributed by atoms with Crippen molar-refractivity contribution in [1.29, 1.82) is 0 Å². The first-order valence-corrected chi connectivity index (χ1v) is 8.36. The maximum atomic E-state index is 12.3. The summed E-state index contributed by atoms with van der Waals surface area (Å²) in [7, 11) is 0. The normalized spacial score (nSPS) is 13.3. The van der Waals surface area contributed by atoms with Gasteiger partial charge in [0.05, 0.1) is 4.88 Å². The molecular weight excluding hydrogens is 310 g/mol. The average molecular weight is 331 g/mol. The van der Waals surface area contributed by atoms with Crippen LogP contribution < -0.4 is 5.32 Å². The van der Waals surface area contributed by atoms with E-state index < -0.39 is 11.4 Å². The van der Waals surface area contributed by atoms with Crippen LogP contribution in [-0.2, 0) is 10.2 Å². The number of carboxylic acid groups (broad SMARTS) is 1. The number of carbonyl (C=O) groups excluding carboxylic acids is 1. The zero-order valence-corrected chi connectivity index (χ0v) is 14.4. The van der Waals surface area contributed by atoms with Crippen molar-refractivity contribution in [3.63, 3.8) is 0 Å².